The average Bonchev–Trinajstić information content (AvgIpc) is 3.57. The highest BCUT2D eigenvalue weighted by Gasteiger charge is 2.18. The van der Waals surface area contributed by atoms with Gasteiger partial charge in [0.2, 0.25) is 6.79 Å². The molecule has 0 amide bonds. The van der Waals surface area contributed by atoms with Crippen molar-refractivity contribution in [2.75, 3.05) is 12.5 Å². The fourth-order valence-electron chi connectivity index (χ4n) is 4.01. The standard InChI is InChI=1S/C25H20N4O4S/c30-25-28(19-8-4-5-9-20(19)33-25)12-13-34-24-27-26-23(18-6-2-1-3-7-18)29(24)15-17-10-11-21-22(14-17)32-16-31-21/h1-11,14H,12-13,15-16H2. The number of aromatic nitrogens is 4. The minimum absolute atomic E-state index is 0.240. The second-order valence-corrected chi connectivity index (χ2v) is 8.84. The molecule has 34 heavy (non-hydrogen) atoms. The van der Waals surface area contributed by atoms with Crippen LogP contribution in [0, 0.1) is 0 Å². The Morgan fingerprint density at radius 2 is 1.71 bits per heavy atom. The van der Waals surface area contributed by atoms with Crippen LogP contribution in [0.1, 0.15) is 5.56 Å². The van der Waals surface area contributed by atoms with Crippen molar-refractivity contribution in [3.63, 3.8) is 0 Å². The summed E-state index contributed by atoms with van der Waals surface area (Å²) in [6, 6.07) is 23.4. The maximum atomic E-state index is 12.3. The summed E-state index contributed by atoms with van der Waals surface area (Å²) < 4.78 is 20.1. The molecule has 3 aromatic carbocycles. The first kappa shape index (κ1) is 20.6. The Labute approximate surface area is 198 Å². The van der Waals surface area contributed by atoms with E-state index in [2.05, 4.69) is 14.8 Å². The lowest BCUT2D eigenvalue weighted by molar-refractivity contribution is 0.174. The largest absolute Gasteiger partial charge is 0.454 e. The molecule has 0 atom stereocenters. The number of hydrogen-bond acceptors (Lipinski definition) is 7. The Balaban J connectivity index is 1.28. The summed E-state index contributed by atoms with van der Waals surface area (Å²) in [6.07, 6.45) is 0. The lowest BCUT2D eigenvalue weighted by Crippen LogP contribution is -2.15. The Hall–Kier alpha value is -3.98. The number of rotatable bonds is 7. The lowest BCUT2D eigenvalue weighted by Gasteiger charge is -2.11. The second-order valence-electron chi connectivity index (χ2n) is 7.78. The van der Waals surface area contributed by atoms with E-state index >= 15 is 0 Å². The molecule has 9 heteroatoms. The van der Waals surface area contributed by atoms with Gasteiger partial charge in [0, 0.05) is 17.9 Å². The van der Waals surface area contributed by atoms with E-state index in [1.54, 1.807) is 22.4 Å². The van der Waals surface area contributed by atoms with Crippen molar-refractivity contribution in [1.82, 2.24) is 19.3 Å². The first-order valence-electron chi connectivity index (χ1n) is 10.8. The van der Waals surface area contributed by atoms with Crippen LogP contribution in [-0.4, -0.2) is 31.9 Å². The Kier molecular flexibility index (Phi) is 5.31. The monoisotopic (exact) mass is 472 g/mol. The smallest absolute Gasteiger partial charge is 0.419 e. The maximum absolute atomic E-state index is 12.3. The van der Waals surface area contributed by atoms with E-state index in [1.165, 1.54) is 0 Å². The number of nitrogens with zero attached hydrogens (tertiary/aromatic N) is 4. The summed E-state index contributed by atoms with van der Waals surface area (Å²) >= 11 is 1.55. The minimum atomic E-state index is -0.353. The third-order valence-corrected chi connectivity index (χ3v) is 6.59. The molecular weight excluding hydrogens is 452 g/mol. The predicted molar refractivity (Wildman–Crippen MR) is 128 cm³/mol. The molecule has 1 aliphatic rings. The Morgan fingerprint density at radius 3 is 2.62 bits per heavy atom. The molecule has 0 radical (unpaired) electrons. The quantitative estimate of drug-likeness (QED) is 0.324. The van der Waals surface area contributed by atoms with E-state index in [9.17, 15) is 4.79 Å². The molecule has 0 N–H and O–H groups in total. The summed E-state index contributed by atoms with van der Waals surface area (Å²) in [5, 5.41) is 9.74. The fourth-order valence-corrected chi connectivity index (χ4v) is 4.88. The molecule has 0 saturated carbocycles. The van der Waals surface area contributed by atoms with Crippen molar-refractivity contribution in [2.24, 2.45) is 0 Å². The molecular formula is C25H20N4O4S. The van der Waals surface area contributed by atoms with Crippen molar-refractivity contribution in [2.45, 2.75) is 18.2 Å². The van der Waals surface area contributed by atoms with Gasteiger partial charge in [0.05, 0.1) is 12.1 Å². The number of hydrogen-bond donors (Lipinski definition) is 0. The number of ether oxygens (including phenoxy) is 2. The van der Waals surface area contributed by atoms with E-state index in [-0.39, 0.29) is 12.5 Å². The minimum Gasteiger partial charge on any atom is -0.454 e. The Bertz CT molecular complexity index is 1520. The molecule has 0 bridgehead atoms. The SMILES string of the molecule is O=c1oc2ccccc2n1CCSc1nnc(-c2ccccc2)n1Cc1ccc2c(c1)OCO2. The first-order chi connectivity index (χ1) is 16.8. The van der Waals surface area contributed by atoms with Gasteiger partial charge >= 0.3 is 5.76 Å². The lowest BCUT2D eigenvalue weighted by atomic mass is 10.2. The molecule has 0 saturated heterocycles. The molecule has 0 unspecified atom stereocenters. The van der Waals surface area contributed by atoms with Gasteiger partial charge in [-0.1, -0.05) is 60.3 Å². The van der Waals surface area contributed by atoms with Crippen LogP contribution in [0.5, 0.6) is 11.5 Å². The van der Waals surface area contributed by atoms with Crippen LogP contribution in [0.25, 0.3) is 22.5 Å². The van der Waals surface area contributed by atoms with Crippen LogP contribution >= 0.6 is 11.8 Å². The number of benzene rings is 3. The van der Waals surface area contributed by atoms with E-state index in [0.29, 0.717) is 24.4 Å². The third kappa shape index (κ3) is 3.84. The number of thioether (sulfide) groups is 1. The van der Waals surface area contributed by atoms with Crippen LogP contribution in [0.3, 0.4) is 0 Å². The predicted octanol–water partition coefficient (Wildman–Crippen LogP) is 4.42. The van der Waals surface area contributed by atoms with Crippen molar-refractivity contribution >= 4 is 22.9 Å². The van der Waals surface area contributed by atoms with Crippen LogP contribution in [0.4, 0.5) is 0 Å². The highest BCUT2D eigenvalue weighted by Crippen LogP contribution is 2.33. The van der Waals surface area contributed by atoms with Gasteiger partial charge in [-0.25, -0.2) is 4.79 Å². The summed E-state index contributed by atoms with van der Waals surface area (Å²) in [6.45, 7) is 1.31. The van der Waals surface area contributed by atoms with Crippen molar-refractivity contribution in [1.29, 1.82) is 0 Å². The third-order valence-electron chi connectivity index (χ3n) is 5.65. The molecule has 1 aliphatic heterocycles. The van der Waals surface area contributed by atoms with E-state index in [1.807, 2.05) is 66.7 Å². The normalized spacial score (nSPS) is 12.5. The molecule has 0 spiro atoms. The van der Waals surface area contributed by atoms with Crippen LogP contribution in [0.15, 0.2) is 87.2 Å². The van der Waals surface area contributed by atoms with E-state index in [4.69, 9.17) is 13.9 Å². The molecule has 6 rings (SSSR count). The summed E-state index contributed by atoms with van der Waals surface area (Å²) in [5.74, 6) is 2.56. The van der Waals surface area contributed by atoms with Crippen LogP contribution < -0.4 is 15.2 Å². The van der Waals surface area contributed by atoms with Crippen molar-refractivity contribution < 1.29 is 13.9 Å². The number of para-hydroxylation sites is 2. The number of aryl methyl sites for hydroxylation is 1. The number of oxazole rings is 1. The highest BCUT2D eigenvalue weighted by atomic mass is 32.2. The average molecular weight is 473 g/mol. The number of fused-ring (bicyclic) bond motifs is 2. The molecule has 5 aromatic rings. The zero-order chi connectivity index (χ0) is 22.9. The van der Waals surface area contributed by atoms with Crippen molar-refractivity contribution in [3.8, 4) is 22.9 Å². The van der Waals surface area contributed by atoms with E-state index < -0.39 is 0 Å². The first-order valence-corrected chi connectivity index (χ1v) is 11.8. The zero-order valence-corrected chi connectivity index (χ0v) is 18.9. The molecule has 170 valence electrons. The van der Waals surface area contributed by atoms with Crippen LogP contribution in [0.2, 0.25) is 0 Å². The molecule has 0 fully saturated rings. The van der Waals surface area contributed by atoms with Gasteiger partial charge in [0.15, 0.2) is 28.1 Å². The maximum Gasteiger partial charge on any atom is 0.419 e. The molecule has 2 aromatic heterocycles. The van der Waals surface area contributed by atoms with Crippen molar-refractivity contribution in [3.05, 3.63) is 88.9 Å². The van der Waals surface area contributed by atoms with Gasteiger partial charge in [-0.05, 0) is 29.8 Å². The zero-order valence-electron chi connectivity index (χ0n) is 18.1. The fraction of sp³-hybridized carbons (Fsp3) is 0.160. The van der Waals surface area contributed by atoms with Gasteiger partial charge in [-0.2, -0.15) is 0 Å². The van der Waals surface area contributed by atoms with E-state index in [0.717, 1.165) is 39.1 Å². The molecule has 8 nitrogen and oxygen atoms in total. The second kappa shape index (κ2) is 8.75. The summed E-state index contributed by atoms with van der Waals surface area (Å²) in [4.78, 5) is 12.3. The molecule has 0 aliphatic carbocycles. The van der Waals surface area contributed by atoms with Gasteiger partial charge in [-0.3, -0.25) is 9.13 Å². The van der Waals surface area contributed by atoms with Crippen LogP contribution in [-0.2, 0) is 13.1 Å². The van der Waals surface area contributed by atoms with Gasteiger partial charge in [0.25, 0.3) is 0 Å². The summed E-state index contributed by atoms with van der Waals surface area (Å²) in [7, 11) is 0. The van der Waals surface area contributed by atoms with Gasteiger partial charge in [0.1, 0.15) is 0 Å². The molecule has 3 heterocycles. The van der Waals surface area contributed by atoms with Gasteiger partial charge in [-0.15, -0.1) is 10.2 Å². The highest BCUT2D eigenvalue weighted by molar-refractivity contribution is 7.99. The topological polar surface area (TPSA) is 84.3 Å². The van der Waals surface area contributed by atoms with Gasteiger partial charge < -0.3 is 13.9 Å². The summed E-state index contributed by atoms with van der Waals surface area (Å²) in [5.41, 5.74) is 3.43. The Morgan fingerprint density at radius 1 is 0.882 bits per heavy atom.